The zero-order valence-electron chi connectivity index (χ0n) is 9.99. The summed E-state index contributed by atoms with van der Waals surface area (Å²) in [6, 6.07) is 3.47. The zero-order chi connectivity index (χ0) is 15.9. The number of nitrogens with zero attached hydrogens (tertiary/aromatic N) is 2. The third-order valence-electron chi connectivity index (χ3n) is 2.58. The summed E-state index contributed by atoms with van der Waals surface area (Å²) in [6.07, 6.45) is -4.98. The Balaban J connectivity index is 2.82. The molecule has 0 bridgehead atoms. The summed E-state index contributed by atoms with van der Waals surface area (Å²) < 4.78 is 51.9. The molecule has 0 spiro atoms. The number of nitrogen functional groups attached to an aromatic ring is 1. The maximum atomic E-state index is 13.8. The molecule has 0 amide bonds. The smallest absolute Gasteiger partial charge is 0.335 e. The molecule has 2 aromatic rings. The van der Waals surface area contributed by atoms with Gasteiger partial charge in [0.1, 0.15) is 5.82 Å². The van der Waals surface area contributed by atoms with Gasteiger partial charge in [-0.25, -0.2) is 18.4 Å². The fraction of sp³-hybridized carbons (Fsp3) is 0.0909. The van der Waals surface area contributed by atoms with Crippen LogP contribution in [-0.4, -0.2) is 9.24 Å². The quantitative estimate of drug-likeness (QED) is 0.615. The molecule has 2 rings (SSSR count). The van der Waals surface area contributed by atoms with Crippen molar-refractivity contribution in [1.82, 2.24) is 9.24 Å². The van der Waals surface area contributed by atoms with Crippen LogP contribution in [0.15, 0.2) is 38.3 Å². The Bertz CT molecular complexity index is 826. The van der Waals surface area contributed by atoms with E-state index < -0.39 is 34.6 Å². The van der Waals surface area contributed by atoms with Crippen molar-refractivity contribution in [3.63, 3.8) is 0 Å². The van der Waals surface area contributed by atoms with Gasteiger partial charge in [0, 0.05) is 10.5 Å². The summed E-state index contributed by atoms with van der Waals surface area (Å²) in [5.41, 5.74) is -4.96. The number of aromatic nitrogens is 2. The van der Waals surface area contributed by atoms with Gasteiger partial charge in [-0.05, 0) is 18.2 Å². The monoisotopic (exact) mass is 367 g/mol. The van der Waals surface area contributed by atoms with Gasteiger partial charge in [0.05, 0.1) is 5.69 Å². The second-order valence-electron chi connectivity index (χ2n) is 3.95. The molecule has 1 aromatic heterocycles. The number of hydrogen-bond acceptors (Lipinski definition) is 3. The van der Waals surface area contributed by atoms with Gasteiger partial charge in [0.25, 0.3) is 5.56 Å². The van der Waals surface area contributed by atoms with Crippen LogP contribution in [0.5, 0.6) is 0 Å². The van der Waals surface area contributed by atoms with E-state index in [4.69, 9.17) is 5.84 Å². The molecule has 2 N–H and O–H groups in total. The Morgan fingerprint density at radius 3 is 2.29 bits per heavy atom. The Labute approximate surface area is 122 Å². The lowest BCUT2D eigenvalue weighted by molar-refractivity contribution is -0.143. The molecule has 21 heavy (non-hydrogen) atoms. The van der Waals surface area contributed by atoms with E-state index in [-0.39, 0.29) is 15.3 Å². The lowest BCUT2D eigenvalue weighted by Crippen LogP contribution is -2.45. The first-order valence-electron chi connectivity index (χ1n) is 5.29. The Morgan fingerprint density at radius 1 is 1.14 bits per heavy atom. The van der Waals surface area contributed by atoms with E-state index in [0.29, 0.717) is 4.47 Å². The van der Waals surface area contributed by atoms with Crippen LogP contribution in [0.2, 0.25) is 0 Å². The maximum absolute atomic E-state index is 13.8. The molecule has 0 aliphatic heterocycles. The van der Waals surface area contributed by atoms with E-state index >= 15 is 0 Å². The molecule has 1 aromatic carbocycles. The van der Waals surface area contributed by atoms with Crippen molar-refractivity contribution >= 4 is 15.9 Å². The standard InChI is InChI=1S/C11H6BrF4N3O2/c12-5-1-2-7(6(13)3-5)18-9(20)4-8(11(14,15)16)19(17)10(18)21/h1-4H,17H2. The molecule has 1 heterocycles. The summed E-state index contributed by atoms with van der Waals surface area (Å²) in [5.74, 6) is 4.08. The molecule has 112 valence electrons. The van der Waals surface area contributed by atoms with Crippen molar-refractivity contribution in [2.45, 2.75) is 6.18 Å². The fourth-order valence-corrected chi connectivity index (χ4v) is 1.99. The normalized spacial score (nSPS) is 11.7. The van der Waals surface area contributed by atoms with Crippen molar-refractivity contribution in [3.05, 3.63) is 61.1 Å². The minimum Gasteiger partial charge on any atom is -0.335 e. The fourth-order valence-electron chi connectivity index (χ4n) is 1.66. The van der Waals surface area contributed by atoms with Gasteiger partial charge in [-0.3, -0.25) is 4.79 Å². The van der Waals surface area contributed by atoms with E-state index in [9.17, 15) is 27.2 Å². The first-order valence-corrected chi connectivity index (χ1v) is 6.09. The van der Waals surface area contributed by atoms with E-state index in [0.717, 1.165) is 12.1 Å². The minimum absolute atomic E-state index is 0.128. The highest BCUT2D eigenvalue weighted by atomic mass is 79.9. The molecule has 0 aliphatic carbocycles. The van der Waals surface area contributed by atoms with Gasteiger partial charge in [0.15, 0.2) is 5.69 Å². The molecular weight excluding hydrogens is 362 g/mol. The maximum Gasteiger partial charge on any atom is 0.433 e. The van der Waals surface area contributed by atoms with E-state index in [1.165, 1.54) is 6.07 Å². The van der Waals surface area contributed by atoms with Gasteiger partial charge in [-0.15, -0.1) is 0 Å². The average Bonchev–Trinajstić information content (AvgIpc) is 2.35. The summed E-state index contributed by atoms with van der Waals surface area (Å²) >= 11 is 2.97. The SMILES string of the molecule is Nn1c(C(F)(F)F)cc(=O)n(-c2ccc(Br)cc2F)c1=O. The highest BCUT2D eigenvalue weighted by Crippen LogP contribution is 2.26. The summed E-state index contributed by atoms with van der Waals surface area (Å²) in [7, 11) is 0. The number of alkyl halides is 3. The number of benzene rings is 1. The second-order valence-corrected chi connectivity index (χ2v) is 4.86. The number of halogens is 5. The lowest BCUT2D eigenvalue weighted by Gasteiger charge is -2.13. The van der Waals surface area contributed by atoms with E-state index in [1.807, 2.05) is 0 Å². The Hall–Kier alpha value is -2.10. The molecule has 0 radical (unpaired) electrons. The van der Waals surface area contributed by atoms with Gasteiger partial charge in [-0.2, -0.15) is 13.2 Å². The van der Waals surface area contributed by atoms with Crippen LogP contribution in [-0.2, 0) is 6.18 Å². The highest BCUT2D eigenvalue weighted by molar-refractivity contribution is 9.10. The predicted octanol–water partition coefficient (Wildman–Crippen LogP) is 1.63. The van der Waals surface area contributed by atoms with Crippen LogP contribution in [0.3, 0.4) is 0 Å². The van der Waals surface area contributed by atoms with Crippen molar-refractivity contribution in [1.29, 1.82) is 0 Å². The molecule has 5 nitrogen and oxygen atoms in total. The third-order valence-corrected chi connectivity index (χ3v) is 3.07. The second kappa shape index (κ2) is 5.02. The van der Waals surface area contributed by atoms with Crippen LogP contribution in [0, 0.1) is 5.82 Å². The predicted molar refractivity (Wildman–Crippen MR) is 69.1 cm³/mol. The van der Waals surface area contributed by atoms with Crippen molar-refractivity contribution in [3.8, 4) is 5.69 Å². The van der Waals surface area contributed by atoms with Crippen molar-refractivity contribution in [2.75, 3.05) is 5.84 Å². The molecule has 0 saturated carbocycles. The molecular formula is C11H6BrF4N3O2. The first-order chi connectivity index (χ1) is 9.62. The van der Waals surface area contributed by atoms with Gasteiger partial charge >= 0.3 is 11.9 Å². The topological polar surface area (TPSA) is 70.0 Å². The molecule has 0 fully saturated rings. The number of nitrogens with two attached hydrogens (primary N) is 1. The Kier molecular flexibility index (Phi) is 3.66. The van der Waals surface area contributed by atoms with Crippen LogP contribution in [0.25, 0.3) is 5.69 Å². The minimum atomic E-state index is -4.98. The Morgan fingerprint density at radius 2 is 1.76 bits per heavy atom. The molecule has 10 heteroatoms. The molecule has 0 saturated heterocycles. The van der Waals surface area contributed by atoms with E-state index in [1.54, 1.807) is 0 Å². The molecule has 0 atom stereocenters. The molecule has 0 aliphatic rings. The van der Waals surface area contributed by atoms with Crippen molar-refractivity contribution < 1.29 is 17.6 Å². The summed E-state index contributed by atoms with van der Waals surface area (Å²) in [6.45, 7) is 0. The number of hydrogen-bond donors (Lipinski definition) is 1. The van der Waals surface area contributed by atoms with Crippen LogP contribution in [0.1, 0.15) is 5.69 Å². The van der Waals surface area contributed by atoms with Crippen molar-refractivity contribution in [2.24, 2.45) is 0 Å². The molecule has 0 unspecified atom stereocenters. The zero-order valence-corrected chi connectivity index (χ0v) is 11.6. The average molecular weight is 368 g/mol. The highest BCUT2D eigenvalue weighted by Gasteiger charge is 2.35. The van der Waals surface area contributed by atoms with Crippen LogP contribution in [0.4, 0.5) is 17.6 Å². The lowest BCUT2D eigenvalue weighted by atomic mass is 10.3. The van der Waals surface area contributed by atoms with E-state index in [2.05, 4.69) is 15.9 Å². The number of rotatable bonds is 1. The largest absolute Gasteiger partial charge is 0.433 e. The first kappa shape index (κ1) is 15.3. The van der Waals surface area contributed by atoms with Gasteiger partial charge < -0.3 is 5.84 Å². The van der Waals surface area contributed by atoms with Crippen LogP contribution >= 0.6 is 15.9 Å². The summed E-state index contributed by atoms with van der Waals surface area (Å²) in [4.78, 5) is 23.5. The van der Waals surface area contributed by atoms with Gasteiger partial charge in [-0.1, -0.05) is 15.9 Å². The van der Waals surface area contributed by atoms with Gasteiger partial charge in [0.2, 0.25) is 0 Å². The summed E-state index contributed by atoms with van der Waals surface area (Å²) in [5, 5.41) is 0. The van der Waals surface area contributed by atoms with Crippen LogP contribution < -0.4 is 17.1 Å². The third kappa shape index (κ3) is 2.71.